The van der Waals surface area contributed by atoms with E-state index in [2.05, 4.69) is 25.7 Å². The fourth-order valence-corrected chi connectivity index (χ4v) is 3.07. The van der Waals surface area contributed by atoms with Crippen molar-refractivity contribution < 1.29 is 14.3 Å². The van der Waals surface area contributed by atoms with E-state index in [4.69, 9.17) is 9.52 Å². The van der Waals surface area contributed by atoms with Crippen LogP contribution in [0.25, 0.3) is 0 Å². The highest BCUT2D eigenvalue weighted by Crippen LogP contribution is 2.29. The number of hydrogen-bond acceptors (Lipinski definition) is 3. The molecule has 2 heterocycles. The lowest BCUT2D eigenvalue weighted by Crippen LogP contribution is -2.28. The van der Waals surface area contributed by atoms with E-state index in [1.807, 2.05) is 0 Å². The lowest BCUT2D eigenvalue weighted by Gasteiger charge is -2.26. The summed E-state index contributed by atoms with van der Waals surface area (Å²) in [6, 6.07) is 3.48. The van der Waals surface area contributed by atoms with Gasteiger partial charge in [-0.3, -0.25) is 4.90 Å². The smallest absolute Gasteiger partial charge is 0.371 e. The Labute approximate surface area is 120 Å². The van der Waals surface area contributed by atoms with Crippen molar-refractivity contribution >= 4 is 5.97 Å². The summed E-state index contributed by atoms with van der Waals surface area (Å²) in [6.07, 6.45) is 3.72. The number of nitrogens with zero attached hydrogens (tertiary/aromatic N) is 1. The Morgan fingerprint density at radius 3 is 2.65 bits per heavy atom. The first-order chi connectivity index (χ1) is 9.49. The summed E-state index contributed by atoms with van der Waals surface area (Å²) >= 11 is 0. The van der Waals surface area contributed by atoms with E-state index in [-0.39, 0.29) is 11.8 Å². The molecule has 0 aromatic carbocycles. The fraction of sp³-hybridized carbons (Fsp3) is 0.688. The van der Waals surface area contributed by atoms with E-state index in [1.165, 1.54) is 19.3 Å². The number of hydrogen-bond donors (Lipinski definition) is 1. The number of furan rings is 1. The molecule has 4 heteroatoms. The first kappa shape index (κ1) is 15.1. The zero-order valence-electron chi connectivity index (χ0n) is 12.6. The second kappa shape index (κ2) is 6.44. The summed E-state index contributed by atoms with van der Waals surface area (Å²) in [4.78, 5) is 13.3. The molecule has 1 N–H and O–H groups in total. The third-order valence-corrected chi connectivity index (χ3v) is 4.55. The lowest BCUT2D eigenvalue weighted by molar-refractivity contribution is 0.0656. The maximum absolute atomic E-state index is 10.9. The molecule has 0 saturated carbocycles. The molecule has 1 aromatic heterocycles. The average Bonchev–Trinajstić information content (AvgIpc) is 2.76. The average molecular weight is 279 g/mol. The van der Waals surface area contributed by atoms with Gasteiger partial charge in [0.15, 0.2) is 0 Å². The maximum atomic E-state index is 10.9. The molecular weight excluding hydrogens is 254 g/mol. The van der Waals surface area contributed by atoms with Crippen molar-refractivity contribution in [3.05, 3.63) is 23.7 Å². The predicted molar refractivity (Wildman–Crippen MR) is 77.8 cm³/mol. The Morgan fingerprint density at radius 2 is 2.05 bits per heavy atom. The molecule has 0 aliphatic carbocycles. The van der Waals surface area contributed by atoms with E-state index in [9.17, 15) is 4.79 Å². The Hall–Kier alpha value is -1.29. The van der Waals surface area contributed by atoms with E-state index < -0.39 is 5.97 Å². The standard InChI is InChI=1S/C16H25NO3/c1-11(2)13-5-4-9-17(10-8-13)12(3)14-6-7-15(20-14)16(18)19/h6-7,11-13H,4-5,8-10H2,1-3H3,(H,18,19). The maximum Gasteiger partial charge on any atom is 0.371 e. The molecule has 2 rings (SSSR count). The number of aromatic carboxylic acids is 1. The Balaban J connectivity index is 2.01. The minimum Gasteiger partial charge on any atom is -0.475 e. The van der Waals surface area contributed by atoms with Gasteiger partial charge in [0.2, 0.25) is 5.76 Å². The number of likely N-dealkylation sites (tertiary alicyclic amines) is 1. The van der Waals surface area contributed by atoms with Gasteiger partial charge in [-0.15, -0.1) is 0 Å². The van der Waals surface area contributed by atoms with Crippen LogP contribution in [0.2, 0.25) is 0 Å². The monoisotopic (exact) mass is 279 g/mol. The summed E-state index contributed by atoms with van der Waals surface area (Å²) in [5.41, 5.74) is 0. The van der Waals surface area contributed by atoms with Gasteiger partial charge >= 0.3 is 5.97 Å². The van der Waals surface area contributed by atoms with Gasteiger partial charge in [0, 0.05) is 0 Å². The summed E-state index contributed by atoms with van der Waals surface area (Å²) in [7, 11) is 0. The van der Waals surface area contributed by atoms with Gasteiger partial charge in [-0.2, -0.15) is 0 Å². The van der Waals surface area contributed by atoms with Crippen LogP contribution in [0.4, 0.5) is 0 Å². The highest BCUT2D eigenvalue weighted by Gasteiger charge is 2.25. The second-order valence-corrected chi connectivity index (χ2v) is 6.15. The van der Waals surface area contributed by atoms with Crippen LogP contribution < -0.4 is 0 Å². The van der Waals surface area contributed by atoms with Crippen LogP contribution in [0, 0.1) is 11.8 Å². The van der Waals surface area contributed by atoms with Crippen LogP contribution in [0.15, 0.2) is 16.5 Å². The topological polar surface area (TPSA) is 53.7 Å². The molecule has 0 radical (unpaired) electrons. The normalized spacial score (nSPS) is 22.7. The summed E-state index contributed by atoms with van der Waals surface area (Å²) in [5.74, 6) is 1.33. The minimum atomic E-state index is -1.00. The summed E-state index contributed by atoms with van der Waals surface area (Å²) in [5, 5.41) is 8.92. The summed E-state index contributed by atoms with van der Waals surface area (Å²) in [6.45, 7) is 8.83. The summed E-state index contributed by atoms with van der Waals surface area (Å²) < 4.78 is 5.43. The van der Waals surface area contributed by atoms with Gasteiger partial charge < -0.3 is 9.52 Å². The quantitative estimate of drug-likeness (QED) is 0.911. The van der Waals surface area contributed by atoms with Gasteiger partial charge in [0.05, 0.1) is 6.04 Å². The molecule has 20 heavy (non-hydrogen) atoms. The molecule has 0 bridgehead atoms. The molecule has 4 nitrogen and oxygen atoms in total. The number of carbonyl (C=O) groups is 1. The van der Waals surface area contributed by atoms with Gasteiger partial charge in [-0.1, -0.05) is 13.8 Å². The molecular formula is C16H25NO3. The molecule has 0 spiro atoms. The predicted octanol–water partition coefficient (Wildman–Crippen LogP) is 3.80. The van der Waals surface area contributed by atoms with Crippen molar-refractivity contribution in [2.45, 2.75) is 46.1 Å². The van der Waals surface area contributed by atoms with Crippen molar-refractivity contribution in [1.82, 2.24) is 4.90 Å². The van der Waals surface area contributed by atoms with Crippen LogP contribution >= 0.6 is 0 Å². The van der Waals surface area contributed by atoms with Gasteiger partial charge in [-0.25, -0.2) is 4.79 Å². The van der Waals surface area contributed by atoms with Crippen molar-refractivity contribution in [3.63, 3.8) is 0 Å². The minimum absolute atomic E-state index is 0.0294. The van der Waals surface area contributed by atoms with E-state index >= 15 is 0 Å². The molecule has 1 aliphatic rings. The Morgan fingerprint density at radius 1 is 1.30 bits per heavy atom. The van der Waals surface area contributed by atoms with Crippen molar-refractivity contribution in [2.75, 3.05) is 13.1 Å². The first-order valence-electron chi connectivity index (χ1n) is 7.56. The second-order valence-electron chi connectivity index (χ2n) is 6.15. The fourth-order valence-electron chi connectivity index (χ4n) is 3.07. The Bertz CT molecular complexity index is 452. The molecule has 1 aliphatic heterocycles. The van der Waals surface area contributed by atoms with Crippen LogP contribution in [0.3, 0.4) is 0 Å². The van der Waals surface area contributed by atoms with Crippen LogP contribution in [-0.4, -0.2) is 29.1 Å². The van der Waals surface area contributed by atoms with Crippen LogP contribution in [-0.2, 0) is 0 Å². The third-order valence-electron chi connectivity index (χ3n) is 4.55. The van der Waals surface area contributed by atoms with Gasteiger partial charge in [0.25, 0.3) is 0 Å². The largest absolute Gasteiger partial charge is 0.475 e. The highest BCUT2D eigenvalue weighted by atomic mass is 16.4. The highest BCUT2D eigenvalue weighted by molar-refractivity contribution is 5.84. The van der Waals surface area contributed by atoms with Gasteiger partial charge in [0.1, 0.15) is 5.76 Å². The zero-order valence-corrected chi connectivity index (χ0v) is 12.6. The molecule has 1 aromatic rings. The van der Waals surface area contributed by atoms with Crippen molar-refractivity contribution in [3.8, 4) is 0 Å². The SMILES string of the molecule is CC(C)C1CCCN(C(C)c2ccc(C(=O)O)o2)CC1. The zero-order chi connectivity index (χ0) is 14.7. The van der Waals surface area contributed by atoms with Crippen LogP contribution in [0.1, 0.15) is 62.4 Å². The third kappa shape index (κ3) is 3.42. The molecule has 2 unspecified atom stereocenters. The lowest BCUT2D eigenvalue weighted by atomic mass is 9.89. The number of rotatable bonds is 4. The van der Waals surface area contributed by atoms with E-state index in [0.717, 1.165) is 30.7 Å². The van der Waals surface area contributed by atoms with Crippen LogP contribution in [0.5, 0.6) is 0 Å². The molecule has 1 fully saturated rings. The Kier molecular flexibility index (Phi) is 4.86. The van der Waals surface area contributed by atoms with Gasteiger partial charge in [-0.05, 0) is 63.2 Å². The molecule has 0 amide bonds. The van der Waals surface area contributed by atoms with E-state index in [1.54, 1.807) is 12.1 Å². The van der Waals surface area contributed by atoms with Crippen molar-refractivity contribution in [1.29, 1.82) is 0 Å². The molecule has 112 valence electrons. The number of carboxylic acids is 1. The van der Waals surface area contributed by atoms with Crippen molar-refractivity contribution in [2.24, 2.45) is 11.8 Å². The first-order valence-corrected chi connectivity index (χ1v) is 7.56. The van der Waals surface area contributed by atoms with E-state index in [0.29, 0.717) is 0 Å². The molecule has 2 atom stereocenters. The number of carboxylic acid groups (broad SMARTS) is 1. The molecule has 1 saturated heterocycles.